The van der Waals surface area contributed by atoms with Crippen molar-refractivity contribution in [2.45, 2.75) is 25.8 Å². The second kappa shape index (κ2) is 7.33. The molecule has 1 heterocycles. The quantitative estimate of drug-likeness (QED) is 0.680. The molecule has 1 fully saturated rings. The Hall–Kier alpha value is -2.37. The third-order valence-corrected chi connectivity index (χ3v) is 5.55. The van der Waals surface area contributed by atoms with Crippen molar-refractivity contribution >= 4 is 46.6 Å². The standard InChI is InChI=1S/C20H18Cl2N2O3/c1-3-15(25)12-23-19(27)24(14-9-10-16(21)17(22)11-14)18(26)20(23,2)13-7-5-4-6-8-13/h4-11H,3,12H2,1-2H3. The molecule has 0 radical (unpaired) electrons. The smallest absolute Gasteiger partial charge is 0.298 e. The molecule has 140 valence electrons. The highest BCUT2D eigenvalue weighted by Gasteiger charge is 2.56. The van der Waals surface area contributed by atoms with E-state index in [1.807, 2.05) is 6.07 Å². The first-order chi connectivity index (χ1) is 12.8. The van der Waals surface area contributed by atoms with Gasteiger partial charge in [-0.3, -0.25) is 14.5 Å². The van der Waals surface area contributed by atoms with Gasteiger partial charge in [0.2, 0.25) is 0 Å². The lowest BCUT2D eigenvalue weighted by molar-refractivity contribution is -0.126. The van der Waals surface area contributed by atoms with Crippen molar-refractivity contribution in [2.24, 2.45) is 0 Å². The van der Waals surface area contributed by atoms with E-state index >= 15 is 0 Å². The maximum atomic E-state index is 13.4. The zero-order valence-corrected chi connectivity index (χ0v) is 16.4. The van der Waals surface area contributed by atoms with Gasteiger partial charge in [-0.15, -0.1) is 0 Å². The number of hydrogen-bond donors (Lipinski definition) is 0. The molecule has 5 nitrogen and oxygen atoms in total. The average Bonchev–Trinajstić information content (AvgIpc) is 2.86. The van der Waals surface area contributed by atoms with E-state index in [1.54, 1.807) is 44.2 Å². The molecule has 1 aliphatic rings. The zero-order chi connectivity index (χ0) is 19.8. The number of imide groups is 1. The number of benzene rings is 2. The molecule has 3 rings (SSSR count). The fourth-order valence-corrected chi connectivity index (χ4v) is 3.43. The first kappa shape index (κ1) is 19.4. The monoisotopic (exact) mass is 404 g/mol. The molecule has 3 amide bonds. The largest absolute Gasteiger partial charge is 0.333 e. The van der Waals surface area contributed by atoms with Gasteiger partial charge in [-0.25, -0.2) is 9.69 Å². The molecule has 2 aromatic rings. The van der Waals surface area contributed by atoms with E-state index in [4.69, 9.17) is 23.2 Å². The number of hydrogen-bond acceptors (Lipinski definition) is 3. The molecule has 0 N–H and O–H groups in total. The molecular formula is C20H18Cl2N2O3. The molecule has 0 aliphatic carbocycles. The molecule has 1 aliphatic heterocycles. The lowest BCUT2D eigenvalue weighted by Crippen LogP contribution is -2.46. The number of carbonyl (C=O) groups is 3. The highest BCUT2D eigenvalue weighted by Crippen LogP contribution is 2.40. The van der Waals surface area contributed by atoms with Gasteiger partial charge in [-0.1, -0.05) is 60.5 Å². The fraction of sp³-hybridized carbons (Fsp3) is 0.250. The average molecular weight is 405 g/mol. The second-order valence-corrected chi connectivity index (χ2v) is 7.25. The molecule has 1 saturated heterocycles. The summed E-state index contributed by atoms with van der Waals surface area (Å²) in [5.74, 6) is -0.574. The van der Waals surface area contributed by atoms with Crippen LogP contribution in [0.15, 0.2) is 48.5 Å². The van der Waals surface area contributed by atoms with E-state index in [9.17, 15) is 14.4 Å². The Labute approximate surface area is 167 Å². The van der Waals surface area contributed by atoms with Crippen molar-refractivity contribution < 1.29 is 14.4 Å². The van der Waals surface area contributed by atoms with Crippen molar-refractivity contribution in [3.63, 3.8) is 0 Å². The van der Waals surface area contributed by atoms with Gasteiger partial charge in [0.1, 0.15) is 5.54 Å². The van der Waals surface area contributed by atoms with Gasteiger partial charge in [0, 0.05) is 6.42 Å². The predicted octanol–water partition coefficient (Wildman–Crippen LogP) is 4.66. The predicted molar refractivity (Wildman–Crippen MR) is 105 cm³/mol. The van der Waals surface area contributed by atoms with Crippen molar-refractivity contribution in [1.82, 2.24) is 4.90 Å². The van der Waals surface area contributed by atoms with Crippen LogP contribution in [0.25, 0.3) is 0 Å². The maximum absolute atomic E-state index is 13.4. The van der Waals surface area contributed by atoms with Crippen LogP contribution in [-0.4, -0.2) is 29.2 Å². The third-order valence-electron chi connectivity index (χ3n) is 4.81. The number of urea groups is 1. The minimum Gasteiger partial charge on any atom is -0.298 e. The van der Waals surface area contributed by atoms with E-state index < -0.39 is 17.5 Å². The number of anilines is 1. The molecule has 2 aromatic carbocycles. The van der Waals surface area contributed by atoms with Gasteiger partial charge < -0.3 is 0 Å². The third kappa shape index (κ3) is 3.22. The van der Waals surface area contributed by atoms with Gasteiger partial charge in [-0.2, -0.15) is 0 Å². The van der Waals surface area contributed by atoms with Crippen LogP contribution in [0, 0.1) is 0 Å². The summed E-state index contributed by atoms with van der Waals surface area (Å²) in [5, 5.41) is 0.558. The Balaban J connectivity index is 2.13. The second-order valence-electron chi connectivity index (χ2n) is 6.44. The van der Waals surface area contributed by atoms with Crippen molar-refractivity contribution in [2.75, 3.05) is 11.4 Å². The summed E-state index contributed by atoms with van der Waals surface area (Å²) >= 11 is 12.0. The molecule has 1 unspecified atom stereocenters. The van der Waals surface area contributed by atoms with E-state index in [1.165, 1.54) is 17.0 Å². The Bertz CT molecular complexity index is 917. The van der Waals surface area contributed by atoms with Crippen molar-refractivity contribution in [3.8, 4) is 0 Å². The number of amides is 3. The summed E-state index contributed by atoms with van der Waals surface area (Å²) in [4.78, 5) is 41.0. The van der Waals surface area contributed by atoms with Crippen LogP contribution in [0.5, 0.6) is 0 Å². The highest BCUT2D eigenvalue weighted by molar-refractivity contribution is 6.42. The van der Waals surface area contributed by atoms with Gasteiger partial charge in [0.05, 0.1) is 22.3 Å². The van der Waals surface area contributed by atoms with Crippen molar-refractivity contribution in [3.05, 3.63) is 64.1 Å². The molecule has 1 atom stereocenters. The first-order valence-electron chi connectivity index (χ1n) is 8.49. The maximum Gasteiger partial charge on any atom is 0.333 e. The van der Waals surface area contributed by atoms with Gasteiger partial charge in [-0.05, 0) is 30.7 Å². The zero-order valence-electron chi connectivity index (χ0n) is 14.9. The number of ketones is 1. The Morgan fingerprint density at radius 3 is 2.30 bits per heavy atom. The van der Waals surface area contributed by atoms with Crippen LogP contribution >= 0.6 is 23.2 Å². The summed E-state index contributed by atoms with van der Waals surface area (Å²) < 4.78 is 0. The molecule has 0 spiro atoms. The van der Waals surface area contributed by atoms with E-state index in [-0.39, 0.29) is 23.8 Å². The minimum atomic E-state index is -1.30. The summed E-state index contributed by atoms with van der Waals surface area (Å²) in [6.07, 6.45) is 0.273. The summed E-state index contributed by atoms with van der Waals surface area (Å²) in [7, 11) is 0. The van der Waals surface area contributed by atoms with Crippen molar-refractivity contribution in [1.29, 1.82) is 0 Å². The summed E-state index contributed by atoms with van der Waals surface area (Å²) in [6.45, 7) is 3.23. The number of halogens is 2. The van der Waals surface area contributed by atoms with Crippen LogP contribution in [0.1, 0.15) is 25.8 Å². The lowest BCUT2D eigenvalue weighted by Gasteiger charge is -2.31. The molecule has 0 bridgehead atoms. The number of carbonyl (C=O) groups excluding carboxylic acids is 3. The van der Waals surface area contributed by atoms with Crippen LogP contribution < -0.4 is 4.90 Å². The molecule has 7 heteroatoms. The Morgan fingerprint density at radius 1 is 1.04 bits per heavy atom. The molecular weight excluding hydrogens is 387 g/mol. The lowest BCUT2D eigenvalue weighted by atomic mass is 9.90. The molecule has 0 aromatic heterocycles. The van der Waals surface area contributed by atoms with Crippen LogP contribution in [0.3, 0.4) is 0 Å². The van der Waals surface area contributed by atoms with Crippen LogP contribution in [-0.2, 0) is 15.1 Å². The van der Waals surface area contributed by atoms with Crippen LogP contribution in [0.4, 0.5) is 10.5 Å². The fourth-order valence-electron chi connectivity index (χ4n) is 3.14. The van der Waals surface area contributed by atoms with E-state index in [2.05, 4.69) is 0 Å². The summed E-state index contributed by atoms with van der Waals surface area (Å²) in [6, 6.07) is 12.9. The van der Waals surface area contributed by atoms with Gasteiger partial charge in [0.15, 0.2) is 5.78 Å². The Kier molecular flexibility index (Phi) is 5.27. The number of nitrogens with zero attached hydrogens (tertiary/aromatic N) is 2. The number of Topliss-reactive ketones (excluding diaryl/α,β-unsaturated/α-hetero) is 1. The number of rotatable bonds is 5. The molecule has 0 saturated carbocycles. The van der Waals surface area contributed by atoms with Crippen LogP contribution in [0.2, 0.25) is 10.0 Å². The summed E-state index contributed by atoms with van der Waals surface area (Å²) in [5.41, 5.74) is -0.349. The van der Waals surface area contributed by atoms with Gasteiger partial charge in [0.25, 0.3) is 5.91 Å². The first-order valence-corrected chi connectivity index (χ1v) is 9.24. The Morgan fingerprint density at radius 2 is 1.70 bits per heavy atom. The van der Waals surface area contributed by atoms with E-state index in [0.29, 0.717) is 16.3 Å². The van der Waals surface area contributed by atoms with E-state index in [0.717, 1.165) is 4.90 Å². The minimum absolute atomic E-state index is 0.130. The topological polar surface area (TPSA) is 57.7 Å². The highest BCUT2D eigenvalue weighted by atomic mass is 35.5. The van der Waals surface area contributed by atoms with Gasteiger partial charge >= 0.3 is 6.03 Å². The SMILES string of the molecule is CCC(=O)CN1C(=O)N(c2ccc(Cl)c(Cl)c2)C(=O)C1(C)c1ccccc1. The normalized spacial score (nSPS) is 19.7. The molecule has 27 heavy (non-hydrogen) atoms.